The highest BCUT2D eigenvalue weighted by Crippen LogP contribution is 2.25. The van der Waals surface area contributed by atoms with Gasteiger partial charge in [0.1, 0.15) is 5.75 Å². The van der Waals surface area contributed by atoms with Gasteiger partial charge in [-0.2, -0.15) is 0 Å². The van der Waals surface area contributed by atoms with Crippen molar-refractivity contribution in [3.05, 3.63) is 28.2 Å². The monoisotopic (exact) mass is 269 g/mol. The second-order valence-electron chi connectivity index (χ2n) is 3.77. The summed E-state index contributed by atoms with van der Waals surface area (Å²) in [7, 11) is 0. The van der Waals surface area contributed by atoms with Gasteiger partial charge in [-0.15, -0.1) is 0 Å². The minimum atomic E-state index is -0.109. The number of aromatic hydroxyl groups is 1. The molecule has 0 aromatic heterocycles. The second kappa shape index (κ2) is 4.23. The van der Waals surface area contributed by atoms with Crippen LogP contribution in [-0.2, 0) is 0 Å². The van der Waals surface area contributed by atoms with E-state index >= 15 is 0 Å². The highest BCUT2D eigenvalue weighted by molar-refractivity contribution is 9.10. The molecular weight excluding hydrogens is 258 g/mol. The van der Waals surface area contributed by atoms with Crippen molar-refractivity contribution in [2.24, 2.45) is 0 Å². The molecule has 1 aliphatic carbocycles. The van der Waals surface area contributed by atoms with Crippen LogP contribution in [0, 0.1) is 0 Å². The third-order valence-electron chi connectivity index (χ3n) is 2.65. The number of phenolic OH excluding ortho intramolecular Hbond substituents is 1. The minimum Gasteiger partial charge on any atom is -0.507 e. The zero-order valence-corrected chi connectivity index (χ0v) is 9.75. The summed E-state index contributed by atoms with van der Waals surface area (Å²) in [5, 5.41) is 12.3. The number of carbonyl (C=O) groups is 1. The lowest BCUT2D eigenvalue weighted by molar-refractivity contribution is 0.0916. The molecule has 0 unspecified atom stereocenters. The lowest BCUT2D eigenvalue weighted by Gasteiger charge is -2.26. The Morgan fingerprint density at radius 3 is 2.73 bits per heavy atom. The standard InChI is InChI=1S/C11H12BrNO2/c12-9-5-4-7(6-10(9)14)11(15)13-8-2-1-3-8/h4-6,8,14H,1-3H2,(H,13,15). The summed E-state index contributed by atoms with van der Waals surface area (Å²) in [5.74, 6) is -0.0150. The minimum absolute atomic E-state index is 0.0938. The highest BCUT2D eigenvalue weighted by atomic mass is 79.9. The molecule has 0 atom stereocenters. The summed E-state index contributed by atoms with van der Waals surface area (Å²) < 4.78 is 0.600. The second-order valence-corrected chi connectivity index (χ2v) is 4.62. The fraction of sp³-hybridized carbons (Fsp3) is 0.364. The molecule has 1 saturated carbocycles. The van der Waals surface area contributed by atoms with Crippen LogP contribution in [0.1, 0.15) is 29.6 Å². The Bertz CT molecular complexity index is 388. The van der Waals surface area contributed by atoms with E-state index in [0.717, 1.165) is 12.8 Å². The van der Waals surface area contributed by atoms with Gasteiger partial charge in [0.05, 0.1) is 4.47 Å². The molecule has 0 bridgehead atoms. The molecule has 1 aliphatic rings. The molecule has 0 heterocycles. The molecule has 15 heavy (non-hydrogen) atoms. The van der Waals surface area contributed by atoms with Crippen molar-refractivity contribution in [3.8, 4) is 5.75 Å². The number of rotatable bonds is 2. The van der Waals surface area contributed by atoms with Gasteiger partial charge in [0.2, 0.25) is 0 Å². The quantitative estimate of drug-likeness (QED) is 0.867. The highest BCUT2D eigenvalue weighted by Gasteiger charge is 2.20. The predicted molar refractivity (Wildman–Crippen MR) is 60.9 cm³/mol. The molecule has 3 nitrogen and oxygen atoms in total. The summed E-state index contributed by atoms with van der Waals surface area (Å²) in [4.78, 5) is 11.7. The molecule has 4 heteroatoms. The fourth-order valence-corrected chi connectivity index (χ4v) is 1.72. The average Bonchev–Trinajstić information content (AvgIpc) is 2.15. The van der Waals surface area contributed by atoms with Crippen molar-refractivity contribution in [2.75, 3.05) is 0 Å². The van der Waals surface area contributed by atoms with Gasteiger partial charge >= 0.3 is 0 Å². The largest absolute Gasteiger partial charge is 0.507 e. The molecule has 1 aromatic carbocycles. The zero-order chi connectivity index (χ0) is 10.8. The molecule has 2 rings (SSSR count). The van der Waals surface area contributed by atoms with Crippen molar-refractivity contribution in [2.45, 2.75) is 25.3 Å². The molecule has 1 amide bonds. The molecule has 0 aliphatic heterocycles. The molecule has 1 fully saturated rings. The van der Waals surface area contributed by atoms with Crippen LogP contribution in [0.5, 0.6) is 5.75 Å². The van der Waals surface area contributed by atoms with Gasteiger partial charge in [0, 0.05) is 11.6 Å². The van der Waals surface area contributed by atoms with Crippen LogP contribution in [0.25, 0.3) is 0 Å². The number of benzene rings is 1. The van der Waals surface area contributed by atoms with Crippen LogP contribution in [-0.4, -0.2) is 17.1 Å². The number of carbonyl (C=O) groups excluding carboxylic acids is 1. The van der Waals surface area contributed by atoms with Crippen LogP contribution < -0.4 is 5.32 Å². The van der Waals surface area contributed by atoms with E-state index in [2.05, 4.69) is 21.2 Å². The summed E-state index contributed by atoms with van der Waals surface area (Å²) in [5.41, 5.74) is 0.502. The van der Waals surface area contributed by atoms with Gasteiger partial charge in [-0.05, 0) is 53.4 Å². The zero-order valence-electron chi connectivity index (χ0n) is 8.16. The summed E-state index contributed by atoms with van der Waals surface area (Å²) >= 11 is 3.17. The predicted octanol–water partition coefficient (Wildman–Crippen LogP) is 2.44. The number of amides is 1. The Balaban J connectivity index is 2.07. The maximum Gasteiger partial charge on any atom is 0.251 e. The van der Waals surface area contributed by atoms with Gasteiger partial charge in [0.25, 0.3) is 5.91 Å². The molecule has 2 N–H and O–H groups in total. The van der Waals surface area contributed by atoms with Crippen LogP contribution >= 0.6 is 15.9 Å². The van der Waals surface area contributed by atoms with Crippen LogP contribution in [0.15, 0.2) is 22.7 Å². The van der Waals surface area contributed by atoms with Crippen molar-refractivity contribution in [1.82, 2.24) is 5.32 Å². The first-order valence-electron chi connectivity index (χ1n) is 4.96. The van der Waals surface area contributed by atoms with Crippen LogP contribution in [0.4, 0.5) is 0 Å². The lowest BCUT2D eigenvalue weighted by Crippen LogP contribution is -2.39. The van der Waals surface area contributed by atoms with E-state index < -0.39 is 0 Å². The number of phenols is 1. The van der Waals surface area contributed by atoms with Crippen LogP contribution in [0.3, 0.4) is 0 Å². The first-order valence-corrected chi connectivity index (χ1v) is 5.75. The van der Waals surface area contributed by atoms with E-state index in [1.807, 2.05) is 0 Å². The van der Waals surface area contributed by atoms with E-state index in [1.54, 1.807) is 12.1 Å². The number of hydrogen-bond acceptors (Lipinski definition) is 2. The first-order chi connectivity index (χ1) is 7.16. The maximum absolute atomic E-state index is 11.7. The van der Waals surface area contributed by atoms with Crippen LogP contribution in [0.2, 0.25) is 0 Å². The Labute approximate surface area is 96.6 Å². The van der Waals surface area contributed by atoms with E-state index in [1.165, 1.54) is 12.5 Å². The maximum atomic E-state index is 11.7. The van der Waals surface area contributed by atoms with Crippen molar-refractivity contribution < 1.29 is 9.90 Å². The molecular formula is C11H12BrNO2. The Hall–Kier alpha value is -1.03. The third kappa shape index (κ3) is 2.31. The topological polar surface area (TPSA) is 49.3 Å². The van der Waals surface area contributed by atoms with E-state index in [-0.39, 0.29) is 11.7 Å². The third-order valence-corrected chi connectivity index (χ3v) is 3.32. The van der Waals surface area contributed by atoms with Crippen molar-refractivity contribution >= 4 is 21.8 Å². The fourth-order valence-electron chi connectivity index (χ4n) is 1.48. The summed E-state index contributed by atoms with van der Waals surface area (Å²) in [6, 6.07) is 5.16. The van der Waals surface area contributed by atoms with Gasteiger partial charge in [-0.3, -0.25) is 4.79 Å². The smallest absolute Gasteiger partial charge is 0.251 e. The van der Waals surface area contributed by atoms with Gasteiger partial charge in [-0.1, -0.05) is 0 Å². The van der Waals surface area contributed by atoms with E-state index in [4.69, 9.17) is 0 Å². The number of halogens is 1. The van der Waals surface area contributed by atoms with Gasteiger partial charge in [-0.25, -0.2) is 0 Å². The van der Waals surface area contributed by atoms with Crippen molar-refractivity contribution in [1.29, 1.82) is 0 Å². The SMILES string of the molecule is O=C(NC1CCC1)c1ccc(Br)c(O)c1. The van der Waals surface area contributed by atoms with Crippen molar-refractivity contribution in [3.63, 3.8) is 0 Å². The molecule has 80 valence electrons. The number of nitrogens with one attached hydrogen (secondary N) is 1. The molecule has 0 radical (unpaired) electrons. The molecule has 1 aromatic rings. The lowest BCUT2D eigenvalue weighted by atomic mass is 9.93. The van der Waals surface area contributed by atoms with E-state index in [9.17, 15) is 9.90 Å². The summed E-state index contributed by atoms with van der Waals surface area (Å²) in [6.07, 6.45) is 3.32. The van der Waals surface area contributed by atoms with Gasteiger partial charge in [0.15, 0.2) is 0 Å². The Kier molecular flexibility index (Phi) is 2.95. The molecule has 0 saturated heterocycles. The normalized spacial score (nSPS) is 15.8. The number of hydrogen-bond donors (Lipinski definition) is 2. The van der Waals surface area contributed by atoms with Gasteiger partial charge < -0.3 is 10.4 Å². The molecule has 0 spiro atoms. The average molecular weight is 270 g/mol. The summed E-state index contributed by atoms with van der Waals surface area (Å²) in [6.45, 7) is 0. The first kappa shape index (κ1) is 10.5. The Morgan fingerprint density at radius 2 is 2.20 bits per heavy atom. The Morgan fingerprint density at radius 1 is 1.47 bits per heavy atom. The van der Waals surface area contributed by atoms with E-state index in [0.29, 0.717) is 16.1 Å².